The van der Waals surface area contributed by atoms with E-state index in [0.717, 1.165) is 19.3 Å². The first-order valence-corrected chi connectivity index (χ1v) is 8.14. The van der Waals surface area contributed by atoms with Gasteiger partial charge in [0.1, 0.15) is 5.54 Å². The van der Waals surface area contributed by atoms with Gasteiger partial charge in [-0.15, -0.1) is 0 Å². The van der Waals surface area contributed by atoms with Crippen molar-refractivity contribution in [1.29, 1.82) is 0 Å². The Balaban J connectivity index is 2.06. The van der Waals surface area contributed by atoms with Gasteiger partial charge in [0.2, 0.25) is 0 Å². The van der Waals surface area contributed by atoms with E-state index in [2.05, 4.69) is 12.2 Å². The predicted molar refractivity (Wildman–Crippen MR) is 77.0 cm³/mol. The van der Waals surface area contributed by atoms with Crippen LogP contribution in [0.5, 0.6) is 0 Å². The second-order valence-electron chi connectivity index (χ2n) is 6.32. The Morgan fingerprint density at radius 1 is 1.16 bits per heavy atom. The van der Waals surface area contributed by atoms with Gasteiger partial charge >= 0.3 is 5.97 Å². The Hall–Kier alpha value is -0.570. The van der Waals surface area contributed by atoms with Crippen LogP contribution in [0.2, 0.25) is 0 Å². The average molecular weight is 267 g/mol. The molecule has 0 radical (unpaired) electrons. The molecule has 19 heavy (non-hydrogen) atoms. The number of ether oxygens (including phenoxy) is 1. The highest BCUT2D eigenvalue weighted by molar-refractivity contribution is 5.81. The fourth-order valence-corrected chi connectivity index (χ4v) is 3.80. The van der Waals surface area contributed by atoms with Crippen LogP contribution in [0.1, 0.15) is 71.6 Å². The molecule has 2 aliphatic rings. The van der Waals surface area contributed by atoms with Gasteiger partial charge in [0.05, 0.1) is 6.61 Å². The molecule has 0 saturated heterocycles. The molecule has 0 aliphatic heterocycles. The third kappa shape index (κ3) is 3.31. The highest BCUT2D eigenvalue weighted by atomic mass is 16.5. The van der Waals surface area contributed by atoms with Crippen molar-refractivity contribution in [3.05, 3.63) is 0 Å². The van der Waals surface area contributed by atoms with Gasteiger partial charge in [-0.05, 0) is 38.5 Å². The van der Waals surface area contributed by atoms with Crippen LogP contribution in [0.4, 0.5) is 0 Å². The van der Waals surface area contributed by atoms with Crippen LogP contribution >= 0.6 is 0 Å². The summed E-state index contributed by atoms with van der Waals surface area (Å²) in [5.74, 6) is 0.388. The summed E-state index contributed by atoms with van der Waals surface area (Å²) >= 11 is 0. The summed E-state index contributed by atoms with van der Waals surface area (Å²) < 4.78 is 5.37. The maximum Gasteiger partial charge on any atom is 0.326 e. The molecule has 3 heteroatoms. The lowest BCUT2D eigenvalue weighted by Gasteiger charge is -2.36. The molecule has 0 aromatic rings. The van der Waals surface area contributed by atoms with Gasteiger partial charge < -0.3 is 4.74 Å². The minimum atomic E-state index is -0.398. The highest BCUT2D eigenvalue weighted by Gasteiger charge is 2.48. The number of nitrogens with one attached hydrogen (secondary N) is 1. The molecule has 0 spiro atoms. The van der Waals surface area contributed by atoms with E-state index in [0.29, 0.717) is 18.6 Å². The largest absolute Gasteiger partial charge is 0.465 e. The van der Waals surface area contributed by atoms with Crippen molar-refractivity contribution < 1.29 is 9.53 Å². The second-order valence-corrected chi connectivity index (χ2v) is 6.32. The molecule has 0 amide bonds. The molecule has 0 aromatic heterocycles. The molecule has 0 heterocycles. The smallest absolute Gasteiger partial charge is 0.326 e. The highest BCUT2D eigenvalue weighted by Crippen LogP contribution is 2.38. The number of esters is 1. The van der Waals surface area contributed by atoms with Crippen molar-refractivity contribution in [2.45, 2.75) is 83.2 Å². The number of carbonyl (C=O) groups is 1. The van der Waals surface area contributed by atoms with Gasteiger partial charge in [0, 0.05) is 6.04 Å². The Labute approximate surface area is 117 Å². The van der Waals surface area contributed by atoms with Gasteiger partial charge in [0.15, 0.2) is 0 Å². The quantitative estimate of drug-likeness (QED) is 0.626. The van der Waals surface area contributed by atoms with E-state index in [9.17, 15) is 4.79 Å². The summed E-state index contributed by atoms with van der Waals surface area (Å²) in [6.45, 7) is 4.59. The summed E-state index contributed by atoms with van der Waals surface area (Å²) in [7, 11) is 0. The molecule has 1 N–H and O–H groups in total. The SMILES string of the molecule is CCOC(=O)C1(NC2CCCCCC2)CCCC1C. The molecule has 0 aromatic carbocycles. The first-order chi connectivity index (χ1) is 9.19. The first-order valence-electron chi connectivity index (χ1n) is 8.14. The zero-order chi connectivity index (χ0) is 13.7. The van der Waals surface area contributed by atoms with Crippen molar-refractivity contribution in [3.8, 4) is 0 Å². The maximum atomic E-state index is 12.5. The van der Waals surface area contributed by atoms with Crippen molar-refractivity contribution in [1.82, 2.24) is 5.32 Å². The molecule has 2 atom stereocenters. The third-order valence-corrected chi connectivity index (χ3v) is 5.01. The van der Waals surface area contributed by atoms with E-state index < -0.39 is 5.54 Å². The Morgan fingerprint density at radius 3 is 2.37 bits per heavy atom. The number of rotatable bonds is 4. The fraction of sp³-hybridized carbons (Fsp3) is 0.938. The minimum absolute atomic E-state index is 0.00996. The van der Waals surface area contributed by atoms with Crippen LogP contribution in [0.15, 0.2) is 0 Å². The predicted octanol–water partition coefficient (Wildman–Crippen LogP) is 3.42. The van der Waals surface area contributed by atoms with Crippen molar-refractivity contribution in [3.63, 3.8) is 0 Å². The van der Waals surface area contributed by atoms with E-state index in [1.807, 2.05) is 6.92 Å². The van der Waals surface area contributed by atoms with Gasteiger partial charge in [-0.2, -0.15) is 0 Å². The van der Waals surface area contributed by atoms with Crippen LogP contribution in [0.3, 0.4) is 0 Å². The molecule has 2 rings (SSSR count). The summed E-state index contributed by atoms with van der Waals surface area (Å²) in [6, 6.07) is 0.507. The van der Waals surface area contributed by atoms with E-state index in [-0.39, 0.29) is 5.97 Å². The third-order valence-electron chi connectivity index (χ3n) is 5.01. The molecule has 110 valence electrons. The number of hydrogen-bond acceptors (Lipinski definition) is 3. The first kappa shape index (κ1) is 14.8. The summed E-state index contributed by atoms with van der Waals surface area (Å²) in [5.41, 5.74) is -0.398. The lowest BCUT2D eigenvalue weighted by Crippen LogP contribution is -2.58. The lowest BCUT2D eigenvalue weighted by atomic mass is 9.86. The van der Waals surface area contributed by atoms with E-state index in [1.54, 1.807) is 0 Å². The molecule has 2 fully saturated rings. The zero-order valence-corrected chi connectivity index (χ0v) is 12.5. The molecule has 2 saturated carbocycles. The zero-order valence-electron chi connectivity index (χ0n) is 12.5. The topological polar surface area (TPSA) is 38.3 Å². The van der Waals surface area contributed by atoms with E-state index in [1.165, 1.54) is 38.5 Å². The van der Waals surface area contributed by atoms with Gasteiger partial charge in [-0.3, -0.25) is 10.1 Å². The molecule has 2 aliphatic carbocycles. The van der Waals surface area contributed by atoms with Crippen LogP contribution < -0.4 is 5.32 Å². The molecule has 2 unspecified atom stereocenters. The van der Waals surface area contributed by atoms with E-state index in [4.69, 9.17) is 4.74 Å². The summed E-state index contributed by atoms with van der Waals surface area (Å²) in [4.78, 5) is 12.5. The monoisotopic (exact) mass is 267 g/mol. The van der Waals surface area contributed by atoms with Crippen molar-refractivity contribution in [2.75, 3.05) is 6.61 Å². The van der Waals surface area contributed by atoms with Crippen molar-refractivity contribution >= 4 is 5.97 Å². The van der Waals surface area contributed by atoms with Crippen LogP contribution in [0.25, 0.3) is 0 Å². The van der Waals surface area contributed by atoms with Crippen LogP contribution in [0, 0.1) is 5.92 Å². The fourth-order valence-electron chi connectivity index (χ4n) is 3.80. The van der Waals surface area contributed by atoms with Gasteiger partial charge in [0.25, 0.3) is 0 Å². The standard InChI is InChI=1S/C16H29NO2/c1-3-19-15(18)16(12-8-9-13(16)2)17-14-10-6-4-5-7-11-14/h13-14,17H,3-12H2,1-2H3. The summed E-state index contributed by atoms with van der Waals surface area (Å²) in [6.07, 6.45) is 10.9. The minimum Gasteiger partial charge on any atom is -0.465 e. The van der Waals surface area contributed by atoms with Crippen LogP contribution in [-0.2, 0) is 9.53 Å². The van der Waals surface area contributed by atoms with Gasteiger partial charge in [-0.1, -0.05) is 39.0 Å². The maximum absolute atomic E-state index is 12.5. The Kier molecular flexibility index (Phi) is 5.26. The average Bonchev–Trinajstić information content (AvgIpc) is 2.62. The van der Waals surface area contributed by atoms with Gasteiger partial charge in [-0.25, -0.2) is 0 Å². The van der Waals surface area contributed by atoms with Crippen molar-refractivity contribution in [2.24, 2.45) is 5.92 Å². The van der Waals surface area contributed by atoms with Crippen LogP contribution in [-0.4, -0.2) is 24.2 Å². The normalized spacial score (nSPS) is 33.1. The Morgan fingerprint density at radius 2 is 1.84 bits per heavy atom. The summed E-state index contributed by atoms with van der Waals surface area (Å²) in [5, 5.41) is 3.73. The Bertz CT molecular complexity index is 297. The molecule has 0 bridgehead atoms. The molecular formula is C16H29NO2. The van der Waals surface area contributed by atoms with E-state index >= 15 is 0 Å². The number of carbonyl (C=O) groups excluding carboxylic acids is 1. The lowest BCUT2D eigenvalue weighted by molar-refractivity contribution is -0.153. The molecular weight excluding hydrogens is 238 g/mol. The second kappa shape index (κ2) is 6.74. The number of hydrogen-bond donors (Lipinski definition) is 1. The molecule has 3 nitrogen and oxygen atoms in total.